The average molecular weight is 359 g/mol. The van der Waals surface area contributed by atoms with E-state index in [1.165, 1.54) is 7.11 Å². The van der Waals surface area contributed by atoms with Crippen LogP contribution >= 0.6 is 0 Å². The Bertz CT molecular complexity index is 705. The summed E-state index contributed by atoms with van der Waals surface area (Å²) < 4.78 is 10.3. The Morgan fingerprint density at radius 2 is 1.88 bits per heavy atom. The van der Waals surface area contributed by atoms with Gasteiger partial charge < -0.3 is 25.0 Å². The minimum absolute atomic E-state index is 0.179. The summed E-state index contributed by atoms with van der Waals surface area (Å²) in [5.41, 5.74) is 2.40. The van der Waals surface area contributed by atoms with E-state index in [2.05, 4.69) is 5.32 Å². The molecule has 0 aliphatic carbocycles. The summed E-state index contributed by atoms with van der Waals surface area (Å²) in [6.45, 7) is 2.28. The predicted molar refractivity (Wildman–Crippen MR) is 97.9 cm³/mol. The maximum Gasteiger partial charge on any atom is 0.407 e. The van der Waals surface area contributed by atoms with Gasteiger partial charge >= 0.3 is 6.09 Å². The molecule has 6 nitrogen and oxygen atoms in total. The molecular formula is C20H25NO5. The summed E-state index contributed by atoms with van der Waals surface area (Å²) >= 11 is 0. The van der Waals surface area contributed by atoms with Gasteiger partial charge in [-0.05, 0) is 30.5 Å². The molecular weight excluding hydrogens is 334 g/mol. The summed E-state index contributed by atoms with van der Waals surface area (Å²) in [6.07, 6.45) is -2.53. The largest absolute Gasteiger partial charge is 0.496 e. The average Bonchev–Trinajstić information content (AvgIpc) is 2.66. The molecule has 0 radical (unpaired) electrons. The molecule has 0 saturated heterocycles. The Labute approximate surface area is 153 Å². The molecule has 6 heteroatoms. The van der Waals surface area contributed by atoms with E-state index in [1.807, 2.05) is 43.3 Å². The predicted octanol–water partition coefficient (Wildman–Crippen LogP) is 2.71. The fourth-order valence-electron chi connectivity index (χ4n) is 2.52. The lowest BCUT2D eigenvalue weighted by Crippen LogP contribution is -2.29. The number of benzene rings is 2. The monoisotopic (exact) mass is 359 g/mol. The van der Waals surface area contributed by atoms with Crippen LogP contribution in [-0.4, -0.2) is 36.1 Å². The molecule has 26 heavy (non-hydrogen) atoms. The molecule has 3 N–H and O–H groups in total. The lowest BCUT2D eigenvalue weighted by Gasteiger charge is -2.20. The molecule has 0 aromatic heterocycles. The first-order valence-corrected chi connectivity index (χ1v) is 8.46. The fraction of sp³-hybridized carbons (Fsp3) is 0.350. The number of methoxy groups -OCH3 is 1. The number of hydrogen-bond acceptors (Lipinski definition) is 5. The van der Waals surface area contributed by atoms with Crippen molar-refractivity contribution in [3.8, 4) is 5.75 Å². The number of alkyl carbamates (subject to hydrolysis) is 1. The van der Waals surface area contributed by atoms with E-state index in [-0.39, 0.29) is 19.6 Å². The Morgan fingerprint density at radius 3 is 2.58 bits per heavy atom. The summed E-state index contributed by atoms with van der Waals surface area (Å²) in [5, 5.41) is 23.1. The zero-order valence-electron chi connectivity index (χ0n) is 15.0. The summed E-state index contributed by atoms with van der Waals surface area (Å²) in [4.78, 5) is 11.7. The van der Waals surface area contributed by atoms with Gasteiger partial charge in [-0.15, -0.1) is 0 Å². The molecule has 0 bridgehead atoms. The Hall–Kier alpha value is -2.57. The molecule has 0 aliphatic heterocycles. The van der Waals surface area contributed by atoms with Crippen LogP contribution in [0.15, 0.2) is 48.5 Å². The van der Waals surface area contributed by atoms with Crippen molar-refractivity contribution in [1.29, 1.82) is 0 Å². The molecule has 1 amide bonds. The SMILES string of the molecule is COc1cc(C)ccc1C(O)C(O)CCNC(=O)OCc1ccccc1. The number of hydrogen-bond donors (Lipinski definition) is 3. The van der Waals surface area contributed by atoms with Crippen LogP contribution in [0.1, 0.15) is 29.2 Å². The highest BCUT2D eigenvalue weighted by atomic mass is 16.5. The van der Waals surface area contributed by atoms with Gasteiger partial charge in [0.25, 0.3) is 0 Å². The van der Waals surface area contributed by atoms with Gasteiger partial charge in [-0.25, -0.2) is 4.79 Å². The van der Waals surface area contributed by atoms with E-state index >= 15 is 0 Å². The van der Waals surface area contributed by atoms with Crippen molar-refractivity contribution >= 4 is 6.09 Å². The van der Waals surface area contributed by atoms with Crippen LogP contribution in [0.25, 0.3) is 0 Å². The van der Waals surface area contributed by atoms with Gasteiger partial charge in [0.15, 0.2) is 0 Å². The quantitative estimate of drug-likeness (QED) is 0.674. The van der Waals surface area contributed by atoms with E-state index in [9.17, 15) is 15.0 Å². The van der Waals surface area contributed by atoms with Gasteiger partial charge in [0.1, 0.15) is 18.5 Å². The molecule has 2 unspecified atom stereocenters. The van der Waals surface area contributed by atoms with E-state index in [1.54, 1.807) is 12.1 Å². The fourth-order valence-corrected chi connectivity index (χ4v) is 2.52. The number of carbonyl (C=O) groups is 1. The highest BCUT2D eigenvalue weighted by Gasteiger charge is 2.22. The molecule has 2 rings (SSSR count). The van der Waals surface area contributed by atoms with E-state index in [0.717, 1.165) is 11.1 Å². The van der Waals surface area contributed by atoms with Crippen molar-refractivity contribution in [2.45, 2.75) is 32.2 Å². The normalized spacial score (nSPS) is 12.9. The number of nitrogens with one attached hydrogen (secondary N) is 1. The minimum Gasteiger partial charge on any atom is -0.496 e. The van der Waals surface area contributed by atoms with Gasteiger partial charge in [-0.1, -0.05) is 42.5 Å². The first kappa shape index (κ1) is 19.8. The standard InChI is InChI=1S/C20H25NO5/c1-14-8-9-16(18(12-14)25-2)19(23)17(22)10-11-21-20(24)26-13-15-6-4-3-5-7-15/h3-9,12,17,19,22-23H,10-11,13H2,1-2H3,(H,21,24). The van der Waals surface area contributed by atoms with Crippen LogP contribution in [0, 0.1) is 6.92 Å². The lowest BCUT2D eigenvalue weighted by molar-refractivity contribution is 0.0123. The summed E-state index contributed by atoms with van der Waals surface area (Å²) in [6, 6.07) is 14.7. The van der Waals surface area contributed by atoms with E-state index in [4.69, 9.17) is 9.47 Å². The molecule has 0 heterocycles. The highest BCUT2D eigenvalue weighted by Crippen LogP contribution is 2.29. The number of rotatable bonds is 8. The molecule has 140 valence electrons. The summed E-state index contributed by atoms with van der Waals surface area (Å²) in [5.74, 6) is 0.520. The van der Waals surface area contributed by atoms with Crippen molar-refractivity contribution in [2.75, 3.05) is 13.7 Å². The van der Waals surface area contributed by atoms with Gasteiger partial charge in [0.2, 0.25) is 0 Å². The van der Waals surface area contributed by atoms with Crippen molar-refractivity contribution in [3.05, 3.63) is 65.2 Å². The number of aryl methyl sites for hydroxylation is 1. The Morgan fingerprint density at radius 1 is 1.15 bits per heavy atom. The third-order valence-electron chi connectivity index (χ3n) is 3.99. The van der Waals surface area contributed by atoms with Crippen LogP contribution in [0.2, 0.25) is 0 Å². The number of ether oxygens (including phenoxy) is 2. The van der Waals surface area contributed by atoms with Crippen molar-refractivity contribution in [3.63, 3.8) is 0 Å². The van der Waals surface area contributed by atoms with Gasteiger partial charge in [-0.2, -0.15) is 0 Å². The first-order valence-electron chi connectivity index (χ1n) is 8.46. The summed E-state index contributed by atoms with van der Waals surface area (Å²) in [7, 11) is 1.52. The topological polar surface area (TPSA) is 88.0 Å². The van der Waals surface area contributed by atoms with Gasteiger partial charge in [0, 0.05) is 12.1 Å². The van der Waals surface area contributed by atoms with Crippen LogP contribution in [-0.2, 0) is 11.3 Å². The Balaban J connectivity index is 1.77. The van der Waals surface area contributed by atoms with Gasteiger partial charge in [-0.3, -0.25) is 0 Å². The number of amides is 1. The number of aliphatic hydroxyl groups is 2. The number of aliphatic hydroxyl groups excluding tert-OH is 2. The first-order chi connectivity index (χ1) is 12.5. The smallest absolute Gasteiger partial charge is 0.407 e. The third-order valence-corrected chi connectivity index (χ3v) is 3.99. The van der Waals surface area contributed by atoms with Gasteiger partial charge in [0.05, 0.1) is 13.2 Å². The molecule has 0 aliphatic rings. The van der Waals surface area contributed by atoms with E-state index < -0.39 is 18.3 Å². The second-order valence-corrected chi connectivity index (χ2v) is 6.03. The molecule has 2 aromatic rings. The highest BCUT2D eigenvalue weighted by molar-refractivity contribution is 5.67. The third kappa shape index (κ3) is 5.75. The Kier molecular flexibility index (Phi) is 7.44. The number of carbonyl (C=O) groups excluding carboxylic acids is 1. The van der Waals surface area contributed by atoms with Crippen LogP contribution in [0.5, 0.6) is 5.75 Å². The lowest BCUT2D eigenvalue weighted by atomic mass is 10.00. The van der Waals surface area contributed by atoms with Crippen LogP contribution in [0.3, 0.4) is 0 Å². The molecule has 2 atom stereocenters. The molecule has 0 saturated carbocycles. The maximum absolute atomic E-state index is 11.7. The second kappa shape index (κ2) is 9.79. The van der Waals surface area contributed by atoms with Crippen LogP contribution in [0.4, 0.5) is 4.79 Å². The zero-order valence-corrected chi connectivity index (χ0v) is 15.0. The molecule has 2 aromatic carbocycles. The van der Waals surface area contributed by atoms with Crippen molar-refractivity contribution in [1.82, 2.24) is 5.32 Å². The van der Waals surface area contributed by atoms with Crippen molar-refractivity contribution in [2.24, 2.45) is 0 Å². The van der Waals surface area contributed by atoms with Crippen LogP contribution < -0.4 is 10.1 Å². The zero-order chi connectivity index (χ0) is 18.9. The molecule has 0 fully saturated rings. The second-order valence-electron chi connectivity index (χ2n) is 6.03. The minimum atomic E-state index is -1.10. The van der Waals surface area contributed by atoms with E-state index in [0.29, 0.717) is 11.3 Å². The van der Waals surface area contributed by atoms with Crippen molar-refractivity contribution < 1.29 is 24.5 Å². The molecule has 0 spiro atoms. The maximum atomic E-state index is 11.7.